The minimum Gasteiger partial charge on any atom is -0.334 e. The van der Waals surface area contributed by atoms with Gasteiger partial charge in [-0.1, -0.05) is 11.6 Å². The monoisotopic (exact) mass is 280 g/mol. The van der Waals surface area contributed by atoms with Crippen LogP contribution in [-0.4, -0.2) is 22.3 Å². The van der Waals surface area contributed by atoms with Gasteiger partial charge >= 0.3 is 0 Å². The zero-order valence-electron chi connectivity index (χ0n) is 9.97. The fourth-order valence-corrected chi connectivity index (χ4v) is 2.73. The van der Waals surface area contributed by atoms with E-state index in [0.717, 1.165) is 9.21 Å². The lowest BCUT2D eigenvalue weighted by atomic mass is 10.2. The van der Waals surface area contributed by atoms with Crippen molar-refractivity contribution in [2.45, 2.75) is 13.5 Å². The van der Waals surface area contributed by atoms with E-state index in [1.54, 1.807) is 29.4 Å². The van der Waals surface area contributed by atoms with E-state index in [1.165, 1.54) is 11.3 Å². The van der Waals surface area contributed by atoms with Crippen molar-refractivity contribution >= 4 is 28.8 Å². The number of hydrogen-bond donors (Lipinski definition) is 0. The van der Waals surface area contributed by atoms with E-state index in [9.17, 15) is 4.79 Å². The van der Waals surface area contributed by atoms with Crippen LogP contribution in [-0.2, 0) is 6.54 Å². The van der Waals surface area contributed by atoms with Gasteiger partial charge in [0.25, 0.3) is 5.91 Å². The van der Waals surface area contributed by atoms with Gasteiger partial charge in [-0.25, -0.2) is 0 Å². The second-order valence-electron chi connectivity index (χ2n) is 3.76. The molecule has 0 saturated carbocycles. The quantitative estimate of drug-likeness (QED) is 0.859. The normalized spacial score (nSPS) is 10.3. The molecule has 5 heteroatoms. The van der Waals surface area contributed by atoms with Crippen molar-refractivity contribution in [2.75, 3.05) is 6.54 Å². The first-order valence-electron chi connectivity index (χ1n) is 5.64. The lowest BCUT2D eigenvalue weighted by Crippen LogP contribution is -2.29. The summed E-state index contributed by atoms with van der Waals surface area (Å²) in [5.41, 5.74) is 0.662. The van der Waals surface area contributed by atoms with E-state index >= 15 is 0 Å². The summed E-state index contributed by atoms with van der Waals surface area (Å²) in [6.45, 7) is 3.22. The number of thiophene rings is 1. The van der Waals surface area contributed by atoms with Crippen molar-refractivity contribution in [3.63, 3.8) is 0 Å². The second-order valence-corrected chi connectivity index (χ2v) is 5.56. The molecule has 0 bridgehead atoms. The maximum atomic E-state index is 12.3. The fraction of sp³-hybridized carbons (Fsp3) is 0.231. The molecule has 0 radical (unpaired) electrons. The maximum absolute atomic E-state index is 12.3. The summed E-state index contributed by atoms with van der Waals surface area (Å²) in [7, 11) is 0. The van der Waals surface area contributed by atoms with Crippen LogP contribution in [0.5, 0.6) is 0 Å². The van der Waals surface area contributed by atoms with Gasteiger partial charge < -0.3 is 4.90 Å². The molecule has 2 rings (SSSR count). The van der Waals surface area contributed by atoms with Crippen LogP contribution >= 0.6 is 22.9 Å². The molecule has 0 aromatic carbocycles. The van der Waals surface area contributed by atoms with Crippen molar-refractivity contribution in [1.82, 2.24) is 9.88 Å². The number of amides is 1. The van der Waals surface area contributed by atoms with Crippen molar-refractivity contribution in [1.29, 1.82) is 0 Å². The molecule has 0 aliphatic carbocycles. The second kappa shape index (κ2) is 5.98. The highest BCUT2D eigenvalue weighted by atomic mass is 35.5. The minimum atomic E-state index is 0.0180. The Bertz CT molecular complexity index is 527. The van der Waals surface area contributed by atoms with Gasteiger partial charge in [-0.3, -0.25) is 9.78 Å². The predicted octanol–water partition coefficient (Wildman–Crippen LogP) is 3.46. The number of carbonyl (C=O) groups is 1. The molecule has 0 saturated heterocycles. The van der Waals surface area contributed by atoms with Crippen LogP contribution in [0.15, 0.2) is 36.7 Å². The van der Waals surface area contributed by atoms with Gasteiger partial charge in [0.2, 0.25) is 0 Å². The van der Waals surface area contributed by atoms with Crippen molar-refractivity contribution in [3.05, 3.63) is 51.4 Å². The Kier molecular flexibility index (Phi) is 4.33. The van der Waals surface area contributed by atoms with Gasteiger partial charge in [0, 0.05) is 29.4 Å². The Balaban J connectivity index is 2.12. The van der Waals surface area contributed by atoms with E-state index in [1.807, 2.05) is 19.1 Å². The van der Waals surface area contributed by atoms with E-state index in [4.69, 9.17) is 11.6 Å². The molecule has 0 spiro atoms. The van der Waals surface area contributed by atoms with Gasteiger partial charge in [-0.15, -0.1) is 11.3 Å². The molecular weight excluding hydrogens is 268 g/mol. The first-order valence-corrected chi connectivity index (χ1v) is 6.83. The number of rotatable bonds is 4. The molecule has 2 heterocycles. The molecule has 1 amide bonds. The molecule has 0 aliphatic rings. The number of carbonyl (C=O) groups excluding carboxylic acids is 1. The predicted molar refractivity (Wildman–Crippen MR) is 74.0 cm³/mol. The van der Waals surface area contributed by atoms with Crippen LogP contribution in [0, 0.1) is 0 Å². The summed E-state index contributed by atoms with van der Waals surface area (Å²) in [4.78, 5) is 19.0. The minimum absolute atomic E-state index is 0.0180. The Morgan fingerprint density at radius 3 is 2.61 bits per heavy atom. The summed E-state index contributed by atoms with van der Waals surface area (Å²) in [6.07, 6.45) is 3.26. The molecule has 0 aliphatic heterocycles. The Labute approximate surface area is 115 Å². The smallest absolute Gasteiger partial charge is 0.254 e. The highest BCUT2D eigenvalue weighted by molar-refractivity contribution is 7.16. The molecule has 3 nitrogen and oxygen atoms in total. The van der Waals surface area contributed by atoms with Crippen LogP contribution in [0.2, 0.25) is 4.34 Å². The highest BCUT2D eigenvalue weighted by Gasteiger charge is 2.14. The molecule has 0 unspecified atom stereocenters. The Morgan fingerprint density at radius 2 is 2.06 bits per heavy atom. The third-order valence-electron chi connectivity index (χ3n) is 2.57. The van der Waals surface area contributed by atoms with Crippen LogP contribution in [0.3, 0.4) is 0 Å². The van der Waals surface area contributed by atoms with Crippen molar-refractivity contribution < 1.29 is 4.79 Å². The molecule has 0 atom stereocenters. The Hall–Kier alpha value is -1.39. The van der Waals surface area contributed by atoms with Crippen LogP contribution < -0.4 is 0 Å². The molecular formula is C13H13ClN2OS. The standard InChI is InChI=1S/C13H13ClN2OS/c1-2-16(9-11-3-4-12(14)18-11)13(17)10-5-7-15-8-6-10/h3-8H,2,9H2,1H3. The number of nitrogens with zero attached hydrogens (tertiary/aromatic N) is 2. The van der Waals surface area contributed by atoms with E-state index in [0.29, 0.717) is 18.7 Å². The summed E-state index contributed by atoms with van der Waals surface area (Å²) < 4.78 is 0.748. The van der Waals surface area contributed by atoms with Gasteiger partial charge in [-0.2, -0.15) is 0 Å². The van der Waals surface area contributed by atoms with E-state index in [2.05, 4.69) is 4.98 Å². The van der Waals surface area contributed by atoms with Crippen LogP contribution in [0.4, 0.5) is 0 Å². The van der Waals surface area contributed by atoms with Gasteiger partial charge in [-0.05, 0) is 31.2 Å². The van der Waals surface area contributed by atoms with Crippen LogP contribution in [0.25, 0.3) is 0 Å². The van der Waals surface area contributed by atoms with E-state index in [-0.39, 0.29) is 5.91 Å². The summed E-state index contributed by atoms with van der Waals surface area (Å²) in [5, 5.41) is 0. The maximum Gasteiger partial charge on any atom is 0.254 e. The topological polar surface area (TPSA) is 33.2 Å². The number of halogens is 1. The fourth-order valence-electron chi connectivity index (χ4n) is 1.63. The average molecular weight is 281 g/mol. The summed E-state index contributed by atoms with van der Waals surface area (Å²) >= 11 is 7.39. The highest BCUT2D eigenvalue weighted by Crippen LogP contribution is 2.23. The average Bonchev–Trinajstić information content (AvgIpc) is 2.82. The number of hydrogen-bond acceptors (Lipinski definition) is 3. The lowest BCUT2D eigenvalue weighted by Gasteiger charge is -2.20. The molecule has 0 fully saturated rings. The largest absolute Gasteiger partial charge is 0.334 e. The zero-order chi connectivity index (χ0) is 13.0. The van der Waals surface area contributed by atoms with Crippen molar-refractivity contribution in [2.24, 2.45) is 0 Å². The third-order valence-corrected chi connectivity index (χ3v) is 3.79. The first kappa shape index (κ1) is 13.1. The zero-order valence-corrected chi connectivity index (χ0v) is 11.5. The molecule has 2 aromatic rings. The molecule has 2 aromatic heterocycles. The van der Waals surface area contributed by atoms with Gasteiger partial charge in [0.05, 0.1) is 10.9 Å². The number of pyridine rings is 1. The summed E-state index contributed by atoms with van der Waals surface area (Å²) in [6, 6.07) is 7.26. The lowest BCUT2D eigenvalue weighted by molar-refractivity contribution is 0.0754. The SMILES string of the molecule is CCN(Cc1ccc(Cl)s1)C(=O)c1ccncc1. The van der Waals surface area contributed by atoms with Crippen LogP contribution in [0.1, 0.15) is 22.2 Å². The first-order chi connectivity index (χ1) is 8.70. The van der Waals surface area contributed by atoms with Gasteiger partial charge in [0.15, 0.2) is 0 Å². The Morgan fingerprint density at radius 1 is 1.33 bits per heavy atom. The molecule has 18 heavy (non-hydrogen) atoms. The molecule has 94 valence electrons. The van der Waals surface area contributed by atoms with Crippen molar-refractivity contribution in [3.8, 4) is 0 Å². The number of aromatic nitrogens is 1. The third kappa shape index (κ3) is 3.09. The molecule has 0 N–H and O–H groups in total. The van der Waals surface area contributed by atoms with Gasteiger partial charge in [0.1, 0.15) is 0 Å². The van der Waals surface area contributed by atoms with E-state index < -0.39 is 0 Å². The summed E-state index contributed by atoms with van der Waals surface area (Å²) in [5.74, 6) is 0.0180.